The highest BCUT2D eigenvalue weighted by molar-refractivity contribution is 5.79. The Hall–Kier alpha value is -1.76. The highest BCUT2D eigenvalue weighted by atomic mass is 19.4. The molecule has 26 heavy (non-hydrogen) atoms. The van der Waals surface area contributed by atoms with Gasteiger partial charge in [0.05, 0.1) is 6.42 Å². The maximum absolute atomic E-state index is 12.2. The Labute approximate surface area is 153 Å². The Bertz CT molecular complexity index is 569. The topological polar surface area (TPSA) is 39.7 Å². The van der Waals surface area contributed by atoms with Gasteiger partial charge in [0.15, 0.2) is 5.96 Å². The maximum atomic E-state index is 12.2. The molecule has 0 radical (unpaired) electrons. The Kier molecular flexibility index (Phi) is 7.75. The van der Waals surface area contributed by atoms with Crippen LogP contribution in [0.2, 0.25) is 0 Å². The third kappa shape index (κ3) is 7.64. The first-order valence-electron chi connectivity index (χ1n) is 9.17. The summed E-state index contributed by atoms with van der Waals surface area (Å²) < 4.78 is 36.6. The van der Waals surface area contributed by atoms with Gasteiger partial charge in [-0.05, 0) is 36.4 Å². The lowest BCUT2D eigenvalue weighted by Gasteiger charge is -2.30. The minimum atomic E-state index is -4.16. The number of piperidine rings is 1. The summed E-state index contributed by atoms with van der Waals surface area (Å²) >= 11 is 0. The molecule has 1 aromatic carbocycles. The van der Waals surface area contributed by atoms with Crippen LogP contribution in [-0.2, 0) is 13.1 Å². The number of benzene rings is 1. The van der Waals surface area contributed by atoms with Crippen molar-refractivity contribution in [2.24, 2.45) is 10.9 Å². The number of hydrogen-bond donors (Lipinski definition) is 2. The molecule has 2 rings (SSSR count). The van der Waals surface area contributed by atoms with Crippen molar-refractivity contribution >= 4 is 5.96 Å². The van der Waals surface area contributed by atoms with E-state index < -0.39 is 12.6 Å². The van der Waals surface area contributed by atoms with Crippen LogP contribution in [0.5, 0.6) is 0 Å². The van der Waals surface area contributed by atoms with Gasteiger partial charge in [-0.15, -0.1) is 0 Å². The molecule has 1 unspecified atom stereocenters. The zero-order valence-electron chi connectivity index (χ0n) is 15.6. The summed E-state index contributed by atoms with van der Waals surface area (Å²) in [6.07, 6.45) is -2.45. The number of rotatable bonds is 6. The molecular formula is C19H29F3N4. The monoisotopic (exact) mass is 370 g/mol. The van der Waals surface area contributed by atoms with Gasteiger partial charge in [-0.1, -0.05) is 31.2 Å². The summed E-state index contributed by atoms with van der Waals surface area (Å²) in [5, 5.41) is 5.72. The van der Waals surface area contributed by atoms with Gasteiger partial charge in [-0.25, -0.2) is 0 Å². The van der Waals surface area contributed by atoms with Crippen molar-refractivity contribution in [3.8, 4) is 0 Å². The summed E-state index contributed by atoms with van der Waals surface area (Å²) in [5.74, 6) is 1.14. The van der Waals surface area contributed by atoms with E-state index in [1.807, 2.05) is 0 Å². The fourth-order valence-corrected chi connectivity index (χ4v) is 3.18. The third-order valence-electron chi connectivity index (χ3n) is 4.55. The van der Waals surface area contributed by atoms with E-state index in [4.69, 9.17) is 0 Å². The van der Waals surface area contributed by atoms with Gasteiger partial charge < -0.3 is 10.6 Å². The van der Waals surface area contributed by atoms with E-state index in [1.54, 1.807) is 7.05 Å². The molecule has 7 heteroatoms. The molecule has 146 valence electrons. The van der Waals surface area contributed by atoms with Crippen LogP contribution in [0.15, 0.2) is 29.3 Å². The summed E-state index contributed by atoms with van der Waals surface area (Å²) in [6.45, 7) is 5.93. The molecule has 4 nitrogen and oxygen atoms in total. The minimum Gasteiger partial charge on any atom is -0.356 e. The highest BCUT2D eigenvalue weighted by Crippen LogP contribution is 2.19. The number of hydrogen-bond acceptors (Lipinski definition) is 2. The van der Waals surface area contributed by atoms with Crippen LogP contribution in [0.3, 0.4) is 0 Å². The first-order valence-corrected chi connectivity index (χ1v) is 9.17. The molecule has 0 bridgehead atoms. The fourth-order valence-electron chi connectivity index (χ4n) is 3.18. The quantitative estimate of drug-likeness (QED) is 0.594. The lowest BCUT2D eigenvalue weighted by molar-refractivity contribution is -0.132. The highest BCUT2D eigenvalue weighted by Gasteiger charge is 2.26. The molecule has 1 aliphatic rings. The van der Waals surface area contributed by atoms with Gasteiger partial charge in [0.25, 0.3) is 0 Å². The van der Waals surface area contributed by atoms with Crippen molar-refractivity contribution in [3.63, 3.8) is 0 Å². The SMILES string of the molecule is CN=C(NCCC(F)(F)F)NCc1ccc(CN2CCCC(C)C2)cc1. The van der Waals surface area contributed by atoms with E-state index in [1.165, 1.54) is 18.4 Å². The Balaban J connectivity index is 1.75. The molecular weight excluding hydrogens is 341 g/mol. The number of nitrogens with one attached hydrogen (secondary N) is 2. The molecule has 1 aromatic rings. The number of nitrogens with zero attached hydrogens (tertiary/aromatic N) is 2. The van der Waals surface area contributed by atoms with Crippen LogP contribution >= 0.6 is 0 Å². The first-order chi connectivity index (χ1) is 12.4. The summed E-state index contributed by atoms with van der Waals surface area (Å²) in [7, 11) is 1.55. The average Bonchev–Trinajstić information content (AvgIpc) is 2.58. The largest absolute Gasteiger partial charge is 0.390 e. The van der Waals surface area contributed by atoms with Crippen molar-refractivity contribution in [1.82, 2.24) is 15.5 Å². The molecule has 0 saturated carbocycles. The zero-order valence-corrected chi connectivity index (χ0v) is 15.6. The Morgan fingerprint density at radius 1 is 1.19 bits per heavy atom. The lowest BCUT2D eigenvalue weighted by atomic mass is 9.99. The van der Waals surface area contributed by atoms with Crippen LogP contribution in [0, 0.1) is 5.92 Å². The van der Waals surface area contributed by atoms with Crippen molar-refractivity contribution in [1.29, 1.82) is 0 Å². The van der Waals surface area contributed by atoms with Crippen LogP contribution in [0.1, 0.15) is 37.3 Å². The standard InChI is InChI=1S/C19H29F3N4/c1-15-4-3-11-26(13-15)14-17-7-5-16(6-8-17)12-25-18(23-2)24-10-9-19(20,21)22/h5-8,15H,3-4,9-14H2,1-2H3,(H2,23,24,25). The van der Waals surface area contributed by atoms with E-state index in [9.17, 15) is 13.2 Å². The Morgan fingerprint density at radius 3 is 2.50 bits per heavy atom. The average molecular weight is 370 g/mol. The van der Waals surface area contributed by atoms with Gasteiger partial charge in [-0.2, -0.15) is 13.2 Å². The summed E-state index contributed by atoms with van der Waals surface area (Å²) in [5.41, 5.74) is 2.36. The van der Waals surface area contributed by atoms with Gasteiger partial charge in [0.1, 0.15) is 0 Å². The number of guanidine groups is 1. The summed E-state index contributed by atoms with van der Waals surface area (Å²) in [6, 6.07) is 8.35. The molecule has 0 aromatic heterocycles. The predicted octanol–water partition coefficient (Wildman–Crippen LogP) is 3.54. The first kappa shape index (κ1) is 20.6. The molecule has 1 aliphatic heterocycles. The van der Waals surface area contributed by atoms with Crippen molar-refractivity contribution in [2.45, 2.75) is 45.5 Å². The van der Waals surface area contributed by atoms with E-state index in [0.29, 0.717) is 12.5 Å². The number of alkyl halides is 3. The van der Waals surface area contributed by atoms with Gasteiger partial charge in [0.2, 0.25) is 0 Å². The fraction of sp³-hybridized carbons (Fsp3) is 0.632. The Morgan fingerprint density at radius 2 is 1.88 bits per heavy atom. The number of likely N-dealkylation sites (tertiary alicyclic amines) is 1. The molecule has 1 heterocycles. The van der Waals surface area contributed by atoms with Crippen LogP contribution in [-0.4, -0.2) is 43.7 Å². The van der Waals surface area contributed by atoms with E-state index in [0.717, 1.165) is 31.1 Å². The molecule has 2 N–H and O–H groups in total. The zero-order chi connectivity index (χ0) is 19.0. The van der Waals surface area contributed by atoms with Crippen molar-refractivity contribution in [3.05, 3.63) is 35.4 Å². The van der Waals surface area contributed by atoms with Crippen LogP contribution in [0.4, 0.5) is 13.2 Å². The molecule has 0 aliphatic carbocycles. The normalized spacial score (nSPS) is 19.4. The van der Waals surface area contributed by atoms with Gasteiger partial charge in [0, 0.05) is 33.2 Å². The van der Waals surface area contributed by atoms with E-state index >= 15 is 0 Å². The molecule has 0 amide bonds. The number of aliphatic imine (C=N–C) groups is 1. The smallest absolute Gasteiger partial charge is 0.356 e. The molecule has 1 fully saturated rings. The van der Waals surface area contributed by atoms with Gasteiger partial charge in [-0.3, -0.25) is 9.89 Å². The van der Waals surface area contributed by atoms with Gasteiger partial charge >= 0.3 is 6.18 Å². The second-order valence-electron chi connectivity index (χ2n) is 7.02. The third-order valence-corrected chi connectivity index (χ3v) is 4.55. The van der Waals surface area contributed by atoms with E-state index in [-0.39, 0.29) is 6.54 Å². The van der Waals surface area contributed by atoms with Crippen LogP contribution < -0.4 is 10.6 Å². The summed E-state index contributed by atoms with van der Waals surface area (Å²) in [4.78, 5) is 6.44. The van der Waals surface area contributed by atoms with Crippen molar-refractivity contribution < 1.29 is 13.2 Å². The lowest BCUT2D eigenvalue weighted by Crippen LogP contribution is -2.38. The van der Waals surface area contributed by atoms with E-state index in [2.05, 4.69) is 51.7 Å². The predicted molar refractivity (Wildman–Crippen MR) is 99.0 cm³/mol. The number of halogens is 3. The molecule has 1 atom stereocenters. The maximum Gasteiger partial charge on any atom is 0.390 e. The molecule has 0 spiro atoms. The van der Waals surface area contributed by atoms with Crippen molar-refractivity contribution in [2.75, 3.05) is 26.7 Å². The second-order valence-corrected chi connectivity index (χ2v) is 7.02. The van der Waals surface area contributed by atoms with Crippen LogP contribution in [0.25, 0.3) is 0 Å². The molecule has 1 saturated heterocycles. The second kappa shape index (κ2) is 9.80. The minimum absolute atomic E-state index is 0.184.